The highest BCUT2D eigenvalue weighted by Gasteiger charge is 2.23. The van der Waals surface area contributed by atoms with E-state index in [0.717, 1.165) is 6.07 Å². The van der Waals surface area contributed by atoms with Crippen LogP contribution in [0.2, 0.25) is 5.02 Å². The Morgan fingerprint density at radius 3 is 2.79 bits per heavy atom. The maximum Gasteiger partial charge on any atom is 0.328 e. The van der Waals surface area contributed by atoms with Gasteiger partial charge in [0.25, 0.3) is 5.69 Å². The molecule has 1 atom stereocenters. The van der Waals surface area contributed by atoms with Gasteiger partial charge in [-0.3, -0.25) is 10.1 Å². The number of carboxylic acid groups (broad SMARTS) is 1. The molecule has 104 valence electrons. The van der Waals surface area contributed by atoms with E-state index in [0.29, 0.717) is 6.07 Å². The smallest absolute Gasteiger partial charge is 0.328 e. The molecule has 0 aromatic heterocycles. The van der Waals surface area contributed by atoms with E-state index in [2.05, 4.69) is 10.1 Å². The van der Waals surface area contributed by atoms with Gasteiger partial charge in [-0.05, 0) is 6.07 Å². The molecule has 1 rings (SSSR count). The normalized spacial score (nSPS) is 11.9. The Kier molecular flexibility index (Phi) is 5.02. The third kappa shape index (κ3) is 3.76. The highest BCUT2D eigenvalue weighted by molar-refractivity contribution is 6.31. The first-order chi connectivity index (χ1) is 8.86. The lowest BCUT2D eigenvalue weighted by molar-refractivity contribution is -0.384. The van der Waals surface area contributed by atoms with Crippen molar-refractivity contribution < 1.29 is 24.0 Å². The molecule has 0 amide bonds. The van der Waals surface area contributed by atoms with Gasteiger partial charge in [0.15, 0.2) is 0 Å². The fourth-order valence-corrected chi connectivity index (χ4v) is 1.50. The summed E-state index contributed by atoms with van der Waals surface area (Å²) in [6, 6.07) is 0.363. The average molecular weight is 293 g/mol. The third-order valence-electron chi connectivity index (χ3n) is 2.20. The molecule has 0 saturated heterocycles. The molecule has 0 heterocycles. The Morgan fingerprint density at radius 2 is 2.32 bits per heavy atom. The summed E-state index contributed by atoms with van der Waals surface area (Å²) in [5.74, 6) is -2.23. The maximum atomic E-state index is 13.2. The lowest BCUT2D eigenvalue weighted by Crippen LogP contribution is -2.33. The van der Waals surface area contributed by atoms with Crippen LogP contribution in [-0.4, -0.2) is 35.8 Å². The Morgan fingerprint density at radius 1 is 1.68 bits per heavy atom. The second-order valence-corrected chi connectivity index (χ2v) is 3.94. The molecule has 7 nitrogen and oxygen atoms in total. The second-order valence-electron chi connectivity index (χ2n) is 3.53. The minimum atomic E-state index is -1.27. The molecule has 0 radical (unpaired) electrons. The number of ether oxygens (including phenoxy) is 1. The van der Waals surface area contributed by atoms with E-state index < -0.39 is 28.4 Å². The fraction of sp³-hybridized carbons (Fsp3) is 0.300. The van der Waals surface area contributed by atoms with Crippen LogP contribution >= 0.6 is 11.6 Å². The number of nitrogens with one attached hydrogen (secondary N) is 1. The van der Waals surface area contributed by atoms with Crippen molar-refractivity contribution >= 4 is 28.9 Å². The second kappa shape index (κ2) is 6.30. The van der Waals surface area contributed by atoms with Crippen LogP contribution in [0.15, 0.2) is 12.1 Å². The van der Waals surface area contributed by atoms with E-state index >= 15 is 0 Å². The number of carbonyl (C=O) groups is 1. The Balaban J connectivity index is 3.14. The number of benzene rings is 1. The van der Waals surface area contributed by atoms with Crippen molar-refractivity contribution in [1.29, 1.82) is 0 Å². The summed E-state index contributed by atoms with van der Waals surface area (Å²) in [6.07, 6.45) is 0. The van der Waals surface area contributed by atoms with Gasteiger partial charge in [0, 0.05) is 7.11 Å². The summed E-state index contributed by atoms with van der Waals surface area (Å²) in [7, 11) is 1.28. The van der Waals surface area contributed by atoms with Crippen LogP contribution in [0.1, 0.15) is 0 Å². The van der Waals surface area contributed by atoms with Crippen LogP contribution in [0.3, 0.4) is 0 Å². The number of anilines is 1. The Hall–Kier alpha value is -1.93. The monoisotopic (exact) mass is 292 g/mol. The summed E-state index contributed by atoms with van der Waals surface area (Å²) in [5.41, 5.74) is -0.801. The van der Waals surface area contributed by atoms with Crippen LogP contribution in [0.4, 0.5) is 15.8 Å². The Bertz CT molecular complexity index is 511. The van der Waals surface area contributed by atoms with Gasteiger partial charge in [-0.15, -0.1) is 0 Å². The number of nitrogens with zero attached hydrogens (tertiary/aromatic N) is 1. The van der Waals surface area contributed by atoms with E-state index in [1.54, 1.807) is 0 Å². The predicted octanol–water partition coefficient (Wildman–Crippen LogP) is 1.90. The van der Waals surface area contributed by atoms with Gasteiger partial charge in [-0.25, -0.2) is 9.18 Å². The molecule has 1 aromatic carbocycles. The molecule has 0 spiro atoms. The molecule has 0 fully saturated rings. The first-order valence-corrected chi connectivity index (χ1v) is 5.36. The molecule has 0 aliphatic heterocycles. The summed E-state index contributed by atoms with van der Waals surface area (Å²) < 4.78 is 17.8. The van der Waals surface area contributed by atoms with Gasteiger partial charge in [0.05, 0.1) is 22.6 Å². The zero-order chi connectivity index (χ0) is 14.6. The average Bonchev–Trinajstić information content (AvgIpc) is 2.32. The van der Waals surface area contributed by atoms with E-state index in [-0.39, 0.29) is 17.3 Å². The van der Waals surface area contributed by atoms with Crippen LogP contribution < -0.4 is 5.32 Å². The van der Waals surface area contributed by atoms with E-state index in [1.165, 1.54) is 7.11 Å². The quantitative estimate of drug-likeness (QED) is 0.613. The molecule has 0 bridgehead atoms. The van der Waals surface area contributed by atoms with Gasteiger partial charge in [-0.1, -0.05) is 11.6 Å². The van der Waals surface area contributed by atoms with Gasteiger partial charge in [-0.2, -0.15) is 0 Å². The molecule has 1 unspecified atom stereocenters. The molecule has 0 aliphatic carbocycles. The topological polar surface area (TPSA) is 102 Å². The first kappa shape index (κ1) is 15.1. The molecule has 19 heavy (non-hydrogen) atoms. The van der Waals surface area contributed by atoms with E-state index in [9.17, 15) is 19.3 Å². The van der Waals surface area contributed by atoms with Crippen molar-refractivity contribution in [3.63, 3.8) is 0 Å². The largest absolute Gasteiger partial charge is 0.480 e. The number of aliphatic carboxylic acids is 1. The van der Waals surface area contributed by atoms with E-state index in [4.69, 9.17) is 16.7 Å². The molecule has 9 heteroatoms. The van der Waals surface area contributed by atoms with Crippen molar-refractivity contribution in [2.75, 3.05) is 19.0 Å². The predicted molar refractivity (Wildman–Crippen MR) is 65.0 cm³/mol. The molecule has 0 saturated carbocycles. The minimum absolute atomic E-state index is 0.194. The van der Waals surface area contributed by atoms with Crippen LogP contribution in [0.5, 0.6) is 0 Å². The van der Waals surface area contributed by atoms with E-state index in [1.807, 2.05) is 0 Å². The minimum Gasteiger partial charge on any atom is -0.480 e. The van der Waals surface area contributed by atoms with Crippen LogP contribution in [0.25, 0.3) is 0 Å². The van der Waals surface area contributed by atoms with Crippen molar-refractivity contribution in [3.05, 3.63) is 33.1 Å². The summed E-state index contributed by atoms with van der Waals surface area (Å²) in [6.45, 7) is -0.221. The number of hydrogen-bond donors (Lipinski definition) is 2. The highest BCUT2D eigenvalue weighted by atomic mass is 35.5. The number of rotatable bonds is 6. The number of nitro groups is 1. The Labute approximate surface area is 112 Å². The van der Waals surface area contributed by atoms with Crippen molar-refractivity contribution in [2.45, 2.75) is 6.04 Å². The number of nitro benzene ring substituents is 1. The van der Waals surface area contributed by atoms with Crippen molar-refractivity contribution in [2.24, 2.45) is 0 Å². The van der Waals surface area contributed by atoms with Crippen LogP contribution in [0, 0.1) is 15.9 Å². The van der Waals surface area contributed by atoms with Gasteiger partial charge < -0.3 is 15.2 Å². The maximum absolute atomic E-state index is 13.2. The molecular formula is C10H10ClFN2O5. The van der Waals surface area contributed by atoms with Gasteiger partial charge >= 0.3 is 5.97 Å². The third-order valence-corrected chi connectivity index (χ3v) is 2.49. The fourth-order valence-electron chi connectivity index (χ4n) is 1.33. The summed E-state index contributed by atoms with van der Waals surface area (Å²) in [4.78, 5) is 20.8. The SMILES string of the molecule is COCC(Nc1cc(Cl)c(F)cc1[N+](=O)[O-])C(=O)O. The van der Waals surface area contributed by atoms with Crippen molar-refractivity contribution in [3.8, 4) is 0 Å². The van der Waals surface area contributed by atoms with Crippen molar-refractivity contribution in [1.82, 2.24) is 0 Å². The van der Waals surface area contributed by atoms with Gasteiger partial charge in [0.2, 0.25) is 0 Å². The first-order valence-electron chi connectivity index (χ1n) is 4.98. The zero-order valence-electron chi connectivity index (χ0n) is 9.72. The lowest BCUT2D eigenvalue weighted by atomic mass is 10.2. The number of methoxy groups -OCH3 is 1. The number of carboxylic acids is 1. The number of halogens is 2. The number of hydrogen-bond acceptors (Lipinski definition) is 5. The molecule has 1 aromatic rings. The van der Waals surface area contributed by atoms with Crippen LogP contribution in [-0.2, 0) is 9.53 Å². The lowest BCUT2D eigenvalue weighted by Gasteiger charge is -2.15. The summed E-state index contributed by atoms with van der Waals surface area (Å²) >= 11 is 5.51. The molecule has 2 N–H and O–H groups in total. The summed E-state index contributed by atoms with van der Waals surface area (Å²) in [5, 5.41) is 21.7. The highest BCUT2D eigenvalue weighted by Crippen LogP contribution is 2.30. The zero-order valence-corrected chi connectivity index (χ0v) is 10.5. The standard InChI is InChI=1S/C10H10ClFN2O5/c1-19-4-8(10(15)16)13-7-2-5(11)6(12)3-9(7)14(17)18/h2-3,8,13H,4H2,1H3,(H,15,16). The molecular weight excluding hydrogens is 283 g/mol. The molecule has 0 aliphatic rings. The van der Waals surface area contributed by atoms with Gasteiger partial charge in [0.1, 0.15) is 17.5 Å².